The lowest BCUT2D eigenvalue weighted by molar-refractivity contribution is -0.384. The van der Waals surface area contributed by atoms with Crippen LogP contribution in [0.2, 0.25) is 0 Å². The Labute approximate surface area is 235 Å². The molecule has 2 aromatic carbocycles. The zero-order valence-corrected chi connectivity index (χ0v) is 23.4. The number of carbonyl (C=O) groups is 2. The molecule has 3 aromatic rings. The molecule has 212 valence electrons. The molecule has 0 aliphatic heterocycles. The Morgan fingerprint density at radius 2 is 1.73 bits per heavy atom. The Balaban J connectivity index is 1.73. The van der Waals surface area contributed by atoms with Crippen molar-refractivity contribution in [2.75, 3.05) is 33.4 Å². The molecule has 2 amide bonds. The molecule has 0 radical (unpaired) electrons. The Hall–Kier alpha value is -4.24. The van der Waals surface area contributed by atoms with Gasteiger partial charge in [-0.25, -0.2) is 0 Å². The van der Waals surface area contributed by atoms with Gasteiger partial charge in [0.15, 0.2) is 0 Å². The average Bonchev–Trinajstić information content (AvgIpc) is 3.38. The van der Waals surface area contributed by atoms with Crippen LogP contribution in [0.1, 0.15) is 37.1 Å². The highest BCUT2D eigenvalue weighted by Gasteiger charge is 2.21. The monoisotopic (exact) mass is 546 g/mol. The van der Waals surface area contributed by atoms with Crippen molar-refractivity contribution >= 4 is 23.6 Å². The highest BCUT2D eigenvalue weighted by molar-refractivity contribution is 5.94. The van der Waals surface area contributed by atoms with E-state index in [1.54, 1.807) is 35.1 Å². The summed E-state index contributed by atoms with van der Waals surface area (Å²) in [7, 11) is 1.60. The summed E-state index contributed by atoms with van der Waals surface area (Å²) < 4.78 is 7.40. The standard InChI is InChI=1S/C31H38N4O5/c1-25(2)17-19-33(30(36)16-13-26-11-14-28(15-12-26)35(38)39)24-31(37)34(20-21-40-3)23-29-10-7-18-32(29)22-27-8-5-4-6-9-27/h4-16,18,25H,17,19-24H2,1-3H3. The van der Waals surface area contributed by atoms with Gasteiger partial charge in [0.2, 0.25) is 11.8 Å². The van der Waals surface area contributed by atoms with Gasteiger partial charge in [-0.15, -0.1) is 0 Å². The lowest BCUT2D eigenvalue weighted by Crippen LogP contribution is -2.44. The van der Waals surface area contributed by atoms with E-state index in [0.29, 0.717) is 44.3 Å². The van der Waals surface area contributed by atoms with E-state index in [4.69, 9.17) is 4.74 Å². The smallest absolute Gasteiger partial charge is 0.269 e. The summed E-state index contributed by atoms with van der Waals surface area (Å²) in [5, 5.41) is 10.9. The van der Waals surface area contributed by atoms with Crippen LogP contribution in [0.25, 0.3) is 6.08 Å². The predicted molar refractivity (Wildman–Crippen MR) is 155 cm³/mol. The van der Waals surface area contributed by atoms with Crippen LogP contribution in [-0.4, -0.2) is 64.5 Å². The van der Waals surface area contributed by atoms with Gasteiger partial charge in [0, 0.05) is 56.8 Å². The topological polar surface area (TPSA) is 97.9 Å². The number of amides is 2. The van der Waals surface area contributed by atoms with E-state index >= 15 is 0 Å². The van der Waals surface area contributed by atoms with Gasteiger partial charge in [0.25, 0.3) is 5.69 Å². The molecule has 1 heterocycles. The maximum Gasteiger partial charge on any atom is 0.269 e. The second kappa shape index (κ2) is 15.4. The molecule has 0 N–H and O–H groups in total. The van der Waals surface area contributed by atoms with Crippen LogP contribution in [0.4, 0.5) is 5.69 Å². The first-order valence-corrected chi connectivity index (χ1v) is 13.4. The molecule has 9 nitrogen and oxygen atoms in total. The van der Waals surface area contributed by atoms with Crippen molar-refractivity contribution in [3.05, 3.63) is 106 Å². The summed E-state index contributed by atoms with van der Waals surface area (Å²) in [4.78, 5) is 40.5. The Morgan fingerprint density at radius 3 is 2.38 bits per heavy atom. The Morgan fingerprint density at radius 1 is 1.00 bits per heavy atom. The van der Waals surface area contributed by atoms with Gasteiger partial charge in [0.05, 0.1) is 18.1 Å². The van der Waals surface area contributed by atoms with Crippen LogP contribution >= 0.6 is 0 Å². The number of hydrogen-bond acceptors (Lipinski definition) is 5. The van der Waals surface area contributed by atoms with E-state index in [1.165, 1.54) is 23.8 Å². The summed E-state index contributed by atoms with van der Waals surface area (Å²) in [5.74, 6) is -0.0910. The quantitative estimate of drug-likeness (QED) is 0.152. The maximum atomic E-state index is 13.6. The third kappa shape index (κ3) is 9.50. The molecule has 0 saturated carbocycles. The van der Waals surface area contributed by atoms with Crippen molar-refractivity contribution in [1.82, 2.24) is 14.4 Å². The minimum Gasteiger partial charge on any atom is -0.383 e. The van der Waals surface area contributed by atoms with E-state index in [1.807, 2.05) is 36.5 Å². The van der Waals surface area contributed by atoms with E-state index in [9.17, 15) is 19.7 Å². The Bertz CT molecular complexity index is 1270. The van der Waals surface area contributed by atoms with Crippen LogP contribution in [0.5, 0.6) is 0 Å². The van der Waals surface area contributed by atoms with Crippen molar-refractivity contribution in [2.45, 2.75) is 33.4 Å². The minimum atomic E-state index is -0.466. The highest BCUT2D eigenvalue weighted by atomic mass is 16.6. The van der Waals surface area contributed by atoms with E-state index in [-0.39, 0.29) is 24.0 Å². The van der Waals surface area contributed by atoms with Gasteiger partial charge in [-0.1, -0.05) is 44.2 Å². The number of methoxy groups -OCH3 is 1. The molecule has 3 rings (SSSR count). The molecular weight excluding hydrogens is 508 g/mol. The molecule has 0 atom stereocenters. The highest BCUT2D eigenvalue weighted by Crippen LogP contribution is 2.14. The zero-order valence-electron chi connectivity index (χ0n) is 23.4. The summed E-state index contributed by atoms with van der Waals surface area (Å²) in [6.45, 7) is 6.40. The number of ether oxygens (including phenoxy) is 1. The van der Waals surface area contributed by atoms with Crippen molar-refractivity contribution in [3.8, 4) is 0 Å². The number of aromatic nitrogens is 1. The predicted octanol–water partition coefficient (Wildman–Crippen LogP) is 5.01. The van der Waals surface area contributed by atoms with Gasteiger partial charge in [-0.05, 0) is 53.8 Å². The van der Waals surface area contributed by atoms with Crippen molar-refractivity contribution in [1.29, 1.82) is 0 Å². The van der Waals surface area contributed by atoms with Gasteiger partial charge in [-0.2, -0.15) is 0 Å². The van der Waals surface area contributed by atoms with Gasteiger partial charge in [-0.3, -0.25) is 19.7 Å². The molecule has 9 heteroatoms. The number of nitro benzene ring substituents is 1. The normalized spacial score (nSPS) is 11.2. The first-order valence-electron chi connectivity index (χ1n) is 13.4. The first kappa shape index (κ1) is 30.3. The SMILES string of the molecule is COCCN(Cc1cccn1Cc1ccccc1)C(=O)CN(CCC(C)C)C(=O)C=Cc1ccc([N+](=O)[O-])cc1. The minimum absolute atomic E-state index is 0.0151. The van der Waals surface area contributed by atoms with Crippen LogP contribution in [-0.2, 0) is 27.4 Å². The lowest BCUT2D eigenvalue weighted by Gasteiger charge is -2.28. The fourth-order valence-corrected chi connectivity index (χ4v) is 4.14. The van der Waals surface area contributed by atoms with Crippen molar-refractivity contribution < 1.29 is 19.2 Å². The molecule has 0 fully saturated rings. The summed E-state index contributed by atoms with van der Waals surface area (Å²) >= 11 is 0. The largest absolute Gasteiger partial charge is 0.383 e. The molecule has 0 bridgehead atoms. The number of nitro groups is 1. The number of benzene rings is 2. The number of non-ortho nitro benzene ring substituents is 1. The molecular formula is C31H38N4O5. The molecule has 0 spiro atoms. The van der Waals surface area contributed by atoms with E-state index in [0.717, 1.165) is 12.1 Å². The van der Waals surface area contributed by atoms with Crippen LogP contribution in [0, 0.1) is 16.0 Å². The lowest BCUT2D eigenvalue weighted by atomic mass is 10.1. The number of nitrogens with zero attached hydrogens (tertiary/aromatic N) is 4. The molecule has 0 unspecified atom stereocenters. The molecule has 40 heavy (non-hydrogen) atoms. The first-order chi connectivity index (χ1) is 19.3. The van der Waals surface area contributed by atoms with Gasteiger partial charge < -0.3 is 19.1 Å². The van der Waals surface area contributed by atoms with Crippen molar-refractivity contribution in [2.24, 2.45) is 5.92 Å². The number of rotatable bonds is 15. The van der Waals surface area contributed by atoms with E-state index < -0.39 is 4.92 Å². The van der Waals surface area contributed by atoms with Crippen molar-refractivity contribution in [3.63, 3.8) is 0 Å². The second-order valence-corrected chi connectivity index (χ2v) is 10.0. The third-order valence-electron chi connectivity index (χ3n) is 6.53. The zero-order chi connectivity index (χ0) is 28.9. The van der Waals surface area contributed by atoms with E-state index in [2.05, 4.69) is 30.5 Å². The van der Waals surface area contributed by atoms with Gasteiger partial charge >= 0.3 is 0 Å². The van der Waals surface area contributed by atoms with Crippen LogP contribution in [0.3, 0.4) is 0 Å². The third-order valence-corrected chi connectivity index (χ3v) is 6.53. The fraction of sp³-hybridized carbons (Fsp3) is 0.355. The molecule has 0 aliphatic carbocycles. The van der Waals surface area contributed by atoms with Crippen LogP contribution in [0.15, 0.2) is 79.0 Å². The molecule has 1 aromatic heterocycles. The second-order valence-electron chi connectivity index (χ2n) is 10.0. The van der Waals surface area contributed by atoms with Gasteiger partial charge in [0.1, 0.15) is 6.54 Å². The summed E-state index contributed by atoms with van der Waals surface area (Å²) in [6.07, 6.45) is 5.78. The molecule has 0 saturated heterocycles. The number of carbonyl (C=O) groups excluding carboxylic acids is 2. The Kier molecular flexibility index (Phi) is 11.6. The van der Waals surface area contributed by atoms with Crippen LogP contribution < -0.4 is 0 Å². The molecule has 0 aliphatic rings. The maximum absolute atomic E-state index is 13.6. The number of hydrogen-bond donors (Lipinski definition) is 0. The fourth-order valence-electron chi connectivity index (χ4n) is 4.14. The summed E-state index contributed by atoms with van der Waals surface area (Å²) in [6, 6.07) is 20.1. The average molecular weight is 547 g/mol. The summed E-state index contributed by atoms with van der Waals surface area (Å²) in [5.41, 5.74) is 2.81.